The van der Waals surface area contributed by atoms with Crippen LogP contribution in [0.25, 0.3) is 11.1 Å². The normalized spacial score (nSPS) is 24.0. The van der Waals surface area contributed by atoms with Crippen molar-refractivity contribution in [3.8, 4) is 17.2 Å². The van der Waals surface area contributed by atoms with E-state index < -0.39 is 0 Å². The van der Waals surface area contributed by atoms with Crippen LogP contribution in [-0.4, -0.2) is 50.3 Å². The largest absolute Gasteiger partial charge is 0.393 e. The summed E-state index contributed by atoms with van der Waals surface area (Å²) in [7, 11) is 0. The topological polar surface area (TPSA) is 97.4 Å². The zero-order valence-corrected chi connectivity index (χ0v) is 24.5. The molecule has 212 valence electrons. The monoisotopic (exact) mass is 566 g/mol. The molecule has 0 bridgehead atoms. The third kappa shape index (κ3) is 6.98. The number of pyridine rings is 2. The van der Waals surface area contributed by atoms with E-state index in [9.17, 15) is 10.4 Å². The molecule has 8 heteroatoms. The number of hydrogen-bond acceptors (Lipinski definition) is 8. The van der Waals surface area contributed by atoms with Gasteiger partial charge in [0, 0.05) is 35.4 Å². The van der Waals surface area contributed by atoms with Crippen molar-refractivity contribution >= 4 is 28.4 Å². The van der Waals surface area contributed by atoms with Crippen LogP contribution in [0.3, 0.4) is 0 Å². The van der Waals surface area contributed by atoms with Crippen molar-refractivity contribution in [2.75, 3.05) is 18.4 Å². The van der Waals surface area contributed by atoms with Crippen LogP contribution in [0.1, 0.15) is 80.9 Å². The third-order valence-electron chi connectivity index (χ3n) is 8.53. The van der Waals surface area contributed by atoms with Gasteiger partial charge in [0.15, 0.2) is 5.82 Å². The van der Waals surface area contributed by atoms with Crippen LogP contribution in [0, 0.1) is 11.3 Å². The van der Waals surface area contributed by atoms with Crippen LogP contribution >= 0.6 is 11.8 Å². The maximum Gasteiger partial charge on any atom is 0.155 e. The van der Waals surface area contributed by atoms with E-state index >= 15 is 0 Å². The molecular formula is C33H38N6OS. The number of aliphatic hydroxyl groups is 1. The number of thioether (sulfide) groups is 1. The summed E-state index contributed by atoms with van der Waals surface area (Å²) in [6, 6.07) is 15.4. The number of nitrogens with one attached hydrogen (secondary N) is 1. The van der Waals surface area contributed by atoms with Gasteiger partial charge in [-0.15, -0.1) is 0 Å². The number of aromatic nitrogens is 2. The molecule has 1 atom stereocenters. The molecule has 3 aliphatic rings. The highest BCUT2D eigenvalue weighted by Gasteiger charge is 2.22. The first-order valence-electron chi connectivity index (χ1n) is 15.0. The minimum absolute atomic E-state index is 0.172. The summed E-state index contributed by atoms with van der Waals surface area (Å²) < 4.78 is 0. The molecule has 2 fully saturated rings. The highest BCUT2D eigenvalue weighted by molar-refractivity contribution is 8.14. The SMILES string of the molecule is CC1CCC(=Nc2cc(CN3CCCC3)cc(NC3CCC(O)CC3)n2)Sc2cc(-c3cncc(C#N)c3)ccc21. The lowest BCUT2D eigenvalue weighted by Crippen LogP contribution is -2.28. The molecule has 2 aliphatic heterocycles. The molecule has 1 unspecified atom stereocenters. The summed E-state index contributed by atoms with van der Waals surface area (Å²) in [4.78, 5) is 18.1. The first-order valence-corrected chi connectivity index (χ1v) is 15.8. The third-order valence-corrected chi connectivity index (χ3v) is 9.63. The molecule has 1 aliphatic carbocycles. The molecule has 0 radical (unpaired) electrons. The van der Waals surface area contributed by atoms with E-state index in [0.29, 0.717) is 17.5 Å². The number of aliphatic hydroxyl groups excluding tert-OH is 1. The average Bonchev–Trinajstić information content (AvgIpc) is 3.44. The molecule has 1 saturated heterocycles. The van der Waals surface area contributed by atoms with Gasteiger partial charge < -0.3 is 10.4 Å². The number of benzene rings is 1. The van der Waals surface area contributed by atoms with Crippen LogP contribution in [0.15, 0.2) is 58.7 Å². The summed E-state index contributed by atoms with van der Waals surface area (Å²) in [5.41, 5.74) is 5.16. The maximum absolute atomic E-state index is 9.95. The molecule has 3 aromatic rings. The molecule has 2 N–H and O–H groups in total. The van der Waals surface area contributed by atoms with Crippen LogP contribution in [-0.2, 0) is 6.54 Å². The van der Waals surface area contributed by atoms with Crippen LogP contribution in [0.2, 0.25) is 0 Å². The van der Waals surface area contributed by atoms with Gasteiger partial charge in [0.1, 0.15) is 11.9 Å². The number of nitriles is 1. The number of rotatable bonds is 6. The predicted molar refractivity (Wildman–Crippen MR) is 166 cm³/mol. The Morgan fingerprint density at radius 1 is 1.05 bits per heavy atom. The lowest BCUT2D eigenvalue weighted by atomic mass is 9.93. The number of fused-ring (bicyclic) bond motifs is 1. The van der Waals surface area contributed by atoms with E-state index in [1.165, 1.54) is 28.9 Å². The summed E-state index contributed by atoms with van der Waals surface area (Å²) in [5, 5.41) is 24.0. The Hall–Kier alpha value is -3.25. The number of nitrogens with zero attached hydrogens (tertiary/aromatic N) is 5. The van der Waals surface area contributed by atoms with Crippen molar-refractivity contribution in [1.82, 2.24) is 14.9 Å². The van der Waals surface area contributed by atoms with Crippen LogP contribution in [0.5, 0.6) is 0 Å². The fourth-order valence-corrected chi connectivity index (χ4v) is 7.36. The molecule has 0 amide bonds. The smallest absolute Gasteiger partial charge is 0.155 e. The second kappa shape index (κ2) is 12.7. The van der Waals surface area contributed by atoms with Gasteiger partial charge in [-0.05, 0) is 111 Å². The van der Waals surface area contributed by atoms with Gasteiger partial charge in [0.05, 0.1) is 16.7 Å². The van der Waals surface area contributed by atoms with E-state index in [4.69, 9.17) is 9.98 Å². The quantitative estimate of drug-likeness (QED) is 0.330. The molecule has 4 heterocycles. The molecule has 7 nitrogen and oxygen atoms in total. The van der Waals surface area contributed by atoms with Crippen molar-refractivity contribution in [2.24, 2.45) is 4.99 Å². The summed E-state index contributed by atoms with van der Waals surface area (Å²) >= 11 is 1.74. The summed E-state index contributed by atoms with van der Waals surface area (Å²) in [5.74, 6) is 2.08. The minimum atomic E-state index is -0.172. The fraction of sp³-hybridized carbons (Fsp3) is 0.455. The first kappa shape index (κ1) is 27.9. The zero-order valence-electron chi connectivity index (χ0n) is 23.7. The van der Waals surface area contributed by atoms with Gasteiger partial charge in [0.25, 0.3) is 0 Å². The Kier molecular flexibility index (Phi) is 8.66. The molecule has 2 aromatic heterocycles. The predicted octanol–water partition coefficient (Wildman–Crippen LogP) is 7.05. The Labute approximate surface area is 247 Å². The van der Waals surface area contributed by atoms with Crippen molar-refractivity contribution in [3.63, 3.8) is 0 Å². The Bertz CT molecular complexity index is 1450. The van der Waals surface area contributed by atoms with Crippen molar-refractivity contribution in [1.29, 1.82) is 5.26 Å². The van der Waals surface area contributed by atoms with E-state index in [1.807, 2.05) is 12.3 Å². The summed E-state index contributed by atoms with van der Waals surface area (Å²) in [6.45, 7) is 5.51. The first-order chi connectivity index (χ1) is 20.0. The van der Waals surface area contributed by atoms with Gasteiger partial charge in [-0.2, -0.15) is 5.26 Å². The Balaban J connectivity index is 1.29. The molecule has 1 aromatic carbocycles. The van der Waals surface area contributed by atoms with E-state index in [2.05, 4.69) is 58.5 Å². The van der Waals surface area contributed by atoms with Gasteiger partial charge in [0.2, 0.25) is 0 Å². The standard InChI is InChI=1S/C33H38N6OS/c1-22-4-11-33(41-30-17-25(5-10-29(22)30)26-14-24(18-34)19-35-20-26)38-32-16-23(21-39-12-2-3-13-39)15-31(37-32)36-27-6-8-28(40)9-7-27/h5,10,14-17,19-20,22,27-28,40H,2-4,6-9,11-13,21H2,1H3,(H,36,37). The highest BCUT2D eigenvalue weighted by atomic mass is 32.2. The van der Waals surface area contributed by atoms with E-state index in [0.717, 1.165) is 86.0 Å². The second-order valence-electron chi connectivity index (χ2n) is 11.7. The van der Waals surface area contributed by atoms with Gasteiger partial charge in [-0.3, -0.25) is 9.88 Å². The molecule has 6 rings (SSSR count). The van der Waals surface area contributed by atoms with Gasteiger partial charge in [-0.25, -0.2) is 9.98 Å². The average molecular weight is 567 g/mol. The zero-order chi connectivity index (χ0) is 28.2. The molecule has 0 spiro atoms. The fourth-order valence-electron chi connectivity index (χ4n) is 6.17. The van der Waals surface area contributed by atoms with Crippen molar-refractivity contribution < 1.29 is 5.11 Å². The van der Waals surface area contributed by atoms with Crippen LogP contribution < -0.4 is 5.32 Å². The second-order valence-corrected chi connectivity index (χ2v) is 12.8. The minimum Gasteiger partial charge on any atom is -0.393 e. The number of hydrogen-bond donors (Lipinski definition) is 2. The lowest BCUT2D eigenvalue weighted by molar-refractivity contribution is 0.126. The van der Waals surface area contributed by atoms with Crippen molar-refractivity contribution in [2.45, 2.75) is 87.8 Å². The Morgan fingerprint density at radius 3 is 2.68 bits per heavy atom. The van der Waals surface area contributed by atoms with E-state index in [-0.39, 0.29) is 6.10 Å². The Morgan fingerprint density at radius 2 is 1.88 bits per heavy atom. The van der Waals surface area contributed by atoms with Crippen molar-refractivity contribution in [3.05, 3.63) is 65.5 Å². The summed E-state index contributed by atoms with van der Waals surface area (Å²) in [6.07, 6.45) is 11.3. The van der Waals surface area contributed by atoms with Crippen LogP contribution in [0.4, 0.5) is 11.6 Å². The molecule has 41 heavy (non-hydrogen) atoms. The highest BCUT2D eigenvalue weighted by Crippen LogP contribution is 2.40. The maximum atomic E-state index is 9.95. The molecular weight excluding hydrogens is 528 g/mol. The van der Waals surface area contributed by atoms with E-state index in [1.54, 1.807) is 18.0 Å². The van der Waals surface area contributed by atoms with Gasteiger partial charge >= 0.3 is 0 Å². The molecule has 1 saturated carbocycles. The lowest BCUT2D eigenvalue weighted by Gasteiger charge is -2.27. The number of anilines is 1. The number of aliphatic imine (C=N–C) groups is 1. The number of likely N-dealkylation sites (tertiary alicyclic amines) is 1. The van der Waals surface area contributed by atoms with Gasteiger partial charge in [-0.1, -0.05) is 30.8 Å².